The number of hydrogen-bond acceptors (Lipinski definition) is 3. The molecule has 4 aliphatic carbocycles. The van der Waals surface area contributed by atoms with Crippen LogP contribution in [-0.4, -0.2) is 23.1 Å². The van der Waals surface area contributed by atoms with Crippen molar-refractivity contribution in [2.75, 3.05) is 0 Å². The maximum Gasteiger partial charge on any atom is 0.0577 e. The van der Waals surface area contributed by atoms with E-state index in [-0.39, 0.29) is 11.5 Å². The van der Waals surface area contributed by atoms with Crippen LogP contribution in [0.2, 0.25) is 0 Å². The molecule has 33 heavy (non-hydrogen) atoms. The van der Waals surface area contributed by atoms with Crippen molar-refractivity contribution in [2.24, 2.45) is 38.8 Å². The third-order valence-corrected chi connectivity index (χ3v) is 9.98. The number of fused-ring (bicyclic) bond motifs is 6. The average Bonchev–Trinajstić information content (AvgIpc) is 3.16. The molecule has 0 bridgehead atoms. The van der Waals surface area contributed by atoms with Crippen LogP contribution in [0.15, 0.2) is 64.3 Å². The van der Waals surface area contributed by atoms with Crippen LogP contribution in [0.5, 0.6) is 0 Å². The van der Waals surface area contributed by atoms with Gasteiger partial charge in [-0.1, -0.05) is 61.9 Å². The maximum absolute atomic E-state index is 10.2. The van der Waals surface area contributed by atoms with E-state index in [1.807, 2.05) is 6.21 Å². The van der Waals surface area contributed by atoms with Gasteiger partial charge in [-0.15, -0.1) is 0 Å². The fraction of sp³-hybridized carbons (Fsp3) is 0.533. The normalized spacial score (nSPS) is 39.4. The van der Waals surface area contributed by atoms with E-state index in [2.05, 4.69) is 67.5 Å². The molecule has 0 spiro atoms. The summed E-state index contributed by atoms with van der Waals surface area (Å²) in [7, 11) is 0. The zero-order chi connectivity index (χ0) is 22.6. The molecule has 1 N–H and O–H groups in total. The monoisotopic (exact) mass is 440 g/mol. The first-order chi connectivity index (χ1) is 16.0. The van der Waals surface area contributed by atoms with Gasteiger partial charge < -0.3 is 5.11 Å². The van der Waals surface area contributed by atoms with Crippen LogP contribution in [-0.2, 0) is 0 Å². The molecule has 2 aromatic rings. The van der Waals surface area contributed by atoms with Crippen LogP contribution < -0.4 is 0 Å². The number of aliphatic hydroxyl groups excluding tert-OH is 1. The van der Waals surface area contributed by atoms with Crippen LogP contribution in [0, 0.1) is 28.6 Å². The Bertz CT molecular complexity index is 1160. The molecule has 3 heteroatoms. The van der Waals surface area contributed by atoms with Gasteiger partial charge in [-0.05, 0) is 96.9 Å². The van der Waals surface area contributed by atoms with E-state index in [0.29, 0.717) is 11.3 Å². The van der Waals surface area contributed by atoms with Crippen LogP contribution in [0.3, 0.4) is 0 Å². The number of nitrogens with zero attached hydrogens (tertiary/aromatic N) is 2. The molecule has 0 amide bonds. The minimum atomic E-state index is -0.125. The minimum absolute atomic E-state index is 0.125. The van der Waals surface area contributed by atoms with Crippen molar-refractivity contribution in [3.63, 3.8) is 0 Å². The molecular weight excluding hydrogens is 404 g/mol. The van der Waals surface area contributed by atoms with E-state index in [1.165, 1.54) is 42.2 Å². The summed E-state index contributed by atoms with van der Waals surface area (Å²) >= 11 is 0. The highest BCUT2D eigenvalue weighted by Gasteiger charge is 2.57. The number of rotatable bonds is 2. The van der Waals surface area contributed by atoms with E-state index >= 15 is 0 Å². The van der Waals surface area contributed by atoms with Crippen molar-refractivity contribution in [3.8, 4) is 0 Å². The van der Waals surface area contributed by atoms with Gasteiger partial charge in [-0.25, -0.2) is 0 Å². The van der Waals surface area contributed by atoms with Crippen molar-refractivity contribution in [2.45, 2.75) is 71.3 Å². The Hall–Kier alpha value is -2.26. The van der Waals surface area contributed by atoms with E-state index in [1.54, 1.807) is 5.57 Å². The summed E-state index contributed by atoms with van der Waals surface area (Å²) in [6, 6.07) is 14.9. The zero-order valence-corrected chi connectivity index (χ0v) is 20.0. The van der Waals surface area contributed by atoms with E-state index < -0.39 is 0 Å². The van der Waals surface area contributed by atoms with Gasteiger partial charge in [-0.2, -0.15) is 10.2 Å². The largest absolute Gasteiger partial charge is 0.393 e. The Morgan fingerprint density at radius 2 is 1.73 bits per heavy atom. The van der Waals surface area contributed by atoms with Crippen molar-refractivity contribution >= 4 is 22.7 Å². The summed E-state index contributed by atoms with van der Waals surface area (Å²) in [4.78, 5) is 0. The number of allylic oxidation sites excluding steroid dienone is 1. The van der Waals surface area contributed by atoms with E-state index in [4.69, 9.17) is 5.10 Å². The average molecular weight is 441 g/mol. The van der Waals surface area contributed by atoms with Gasteiger partial charge in [0.25, 0.3) is 0 Å². The minimum Gasteiger partial charge on any atom is -0.393 e. The first-order valence-electron chi connectivity index (χ1n) is 12.9. The summed E-state index contributed by atoms with van der Waals surface area (Å²) in [5.41, 5.74) is 4.48. The van der Waals surface area contributed by atoms with Gasteiger partial charge in [0.15, 0.2) is 0 Å². The van der Waals surface area contributed by atoms with Crippen LogP contribution in [0.4, 0.5) is 0 Å². The van der Waals surface area contributed by atoms with Gasteiger partial charge in [0, 0.05) is 11.1 Å². The second-order valence-corrected chi connectivity index (χ2v) is 11.5. The summed E-state index contributed by atoms with van der Waals surface area (Å²) in [5.74, 6) is 2.24. The summed E-state index contributed by atoms with van der Waals surface area (Å²) in [6.45, 7) is 4.97. The number of aliphatic hydroxyl groups is 1. The van der Waals surface area contributed by atoms with Crippen LogP contribution in [0.1, 0.15) is 70.8 Å². The molecule has 6 atom stereocenters. The third-order valence-electron chi connectivity index (χ3n) is 9.98. The fourth-order valence-corrected chi connectivity index (χ4v) is 8.05. The molecule has 3 nitrogen and oxygen atoms in total. The second-order valence-electron chi connectivity index (χ2n) is 11.5. The molecule has 3 saturated carbocycles. The SMILES string of the molecule is CC12CC[C@H](O)CC1=CCC1C2CCC2(C)/C(=N/N=C/c3ccc4ccccc4c3)CCC12. The molecule has 0 heterocycles. The summed E-state index contributed by atoms with van der Waals surface area (Å²) in [6.07, 6.45) is 13.4. The molecule has 4 aliphatic rings. The Morgan fingerprint density at radius 3 is 2.61 bits per heavy atom. The lowest BCUT2D eigenvalue weighted by Gasteiger charge is -2.57. The van der Waals surface area contributed by atoms with Gasteiger partial charge in [-0.3, -0.25) is 0 Å². The molecule has 5 unspecified atom stereocenters. The lowest BCUT2D eigenvalue weighted by Crippen LogP contribution is -2.50. The Kier molecular flexibility index (Phi) is 5.10. The number of benzene rings is 2. The quantitative estimate of drug-likeness (QED) is 0.307. The van der Waals surface area contributed by atoms with Crippen LogP contribution >= 0.6 is 0 Å². The van der Waals surface area contributed by atoms with E-state index in [0.717, 1.165) is 43.1 Å². The maximum atomic E-state index is 10.2. The highest BCUT2D eigenvalue weighted by Crippen LogP contribution is 2.64. The molecular formula is C30H36N2O. The first-order valence-corrected chi connectivity index (χ1v) is 12.9. The van der Waals surface area contributed by atoms with Crippen molar-refractivity contribution < 1.29 is 5.11 Å². The molecule has 172 valence electrons. The smallest absolute Gasteiger partial charge is 0.0577 e. The van der Waals surface area contributed by atoms with Crippen molar-refractivity contribution in [3.05, 3.63) is 59.7 Å². The van der Waals surface area contributed by atoms with Gasteiger partial charge in [0.05, 0.1) is 12.3 Å². The van der Waals surface area contributed by atoms with Crippen LogP contribution in [0.25, 0.3) is 10.8 Å². The lowest BCUT2D eigenvalue weighted by atomic mass is 9.48. The van der Waals surface area contributed by atoms with Crippen molar-refractivity contribution in [1.82, 2.24) is 0 Å². The Labute approximate surface area is 197 Å². The summed E-state index contributed by atoms with van der Waals surface area (Å²) in [5, 5.41) is 22.2. The zero-order valence-electron chi connectivity index (χ0n) is 20.0. The molecule has 2 aromatic carbocycles. The molecule has 0 aromatic heterocycles. The second kappa shape index (κ2) is 7.91. The van der Waals surface area contributed by atoms with Crippen molar-refractivity contribution in [1.29, 1.82) is 0 Å². The highest BCUT2D eigenvalue weighted by molar-refractivity contribution is 5.94. The first kappa shape index (κ1) is 21.3. The van der Waals surface area contributed by atoms with Gasteiger partial charge in [0.1, 0.15) is 0 Å². The Morgan fingerprint density at radius 1 is 0.939 bits per heavy atom. The molecule has 0 saturated heterocycles. The summed E-state index contributed by atoms with van der Waals surface area (Å²) < 4.78 is 0. The molecule has 0 aliphatic heterocycles. The van der Waals surface area contributed by atoms with Gasteiger partial charge in [0.2, 0.25) is 0 Å². The highest BCUT2D eigenvalue weighted by atomic mass is 16.3. The van der Waals surface area contributed by atoms with Gasteiger partial charge >= 0.3 is 0 Å². The number of hydrogen-bond donors (Lipinski definition) is 1. The molecule has 6 rings (SSSR count). The third kappa shape index (κ3) is 3.43. The molecule has 3 fully saturated rings. The van der Waals surface area contributed by atoms with E-state index in [9.17, 15) is 5.11 Å². The lowest BCUT2D eigenvalue weighted by molar-refractivity contribution is -0.0209. The topological polar surface area (TPSA) is 45.0 Å². The Balaban J connectivity index is 1.23. The predicted octanol–water partition coefficient (Wildman–Crippen LogP) is 6.94. The molecule has 0 radical (unpaired) electrons. The fourth-order valence-electron chi connectivity index (χ4n) is 8.05. The standard InChI is InChI=1S/C30H36N2O/c1-29-15-13-24(33)18-23(29)9-10-25-26-11-12-28(30(26,2)16-14-27(25)29)32-31-19-20-7-8-21-5-3-4-6-22(21)17-20/h3-9,17,19,24-27,33H,10-16,18H2,1-2H3/b31-19+,32-28+/t24-,25?,26?,27?,29?,30?/m0/s1. The predicted molar refractivity (Wildman–Crippen MR) is 137 cm³/mol.